The van der Waals surface area contributed by atoms with E-state index in [1.807, 2.05) is 0 Å². The van der Waals surface area contributed by atoms with Crippen molar-refractivity contribution in [1.29, 1.82) is 5.26 Å². The Morgan fingerprint density at radius 1 is 1.22 bits per heavy atom. The third-order valence-electron chi connectivity index (χ3n) is 7.74. The van der Waals surface area contributed by atoms with E-state index in [0.717, 1.165) is 25.5 Å². The van der Waals surface area contributed by atoms with Crippen LogP contribution in [0.5, 0.6) is 11.5 Å². The van der Waals surface area contributed by atoms with Gasteiger partial charge in [-0.05, 0) is 31.4 Å². The lowest BCUT2D eigenvalue weighted by Crippen LogP contribution is -2.68. The fraction of sp³-hybridized carbons (Fsp3) is 0.519. The normalized spacial score (nSPS) is 20.1. The summed E-state index contributed by atoms with van der Waals surface area (Å²) >= 11 is 0. The van der Waals surface area contributed by atoms with Crippen molar-refractivity contribution in [3.63, 3.8) is 0 Å². The topological polar surface area (TPSA) is 131 Å². The molecule has 0 unspecified atom stereocenters. The van der Waals surface area contributed by atoms with Crippen LogP contribution in [0, 0.1) is 28.1 Å². The first kappa shape index (κ1) is 25.4. The molecule has 190 valence electrons. The van der Waals surface area contributed by atoms with Gasteiger partial charge in [-0.15, -0.1) is 0 Å². The molecule has 9 nitrogen and oxygen atoms in total. The first-order chi connectivity index (χ1) is 17.0. The zero-order valence-electron chi connectivity index (χ0n) is 21.5. The number of primary amides is 1. The summed E-state index contributed by atoms with van der Waals surface area (Å²) in [5, 5.41) is 9.39. The van der Waals surface area contributed by atoms with Crippen molar-refractivity contribution < 1.29 is 19.1 Å². The molecule has 2 N–H and O–H groups in total. The number of aromatic nitrogens is 2. The van der Waals surface area contributed by atoms with Gasteiger partial charge in [-0.3, -0.25) is 4.79 Å². The van der Waals surface area contributed by atoms with Crippen LogP contribution in [0.15, 0.2) is 24.4 Å². The Kier molecular flexibility index (Phi) is 6.41. The number of piperidine rings is 1. The Labute approximate surface area is 211 Å². The molecule has 1 aromatic carbocycles. The highest BCUT2D eigenvalue weighted by Crippen LogP contribution is 2.68. The number of hydrogen-bond acceptors (Lipinski definition) is 8. The standard InChI is InChI=1S/C27H33N5O4/c1-25(2)16-26(3,4)27(25,36-19-7-6-18(13-28)20(12-19)35-5)23-22(24(29)34)30-14-21(31-23)32-10-8-17(15-33)9-11-32/h6-7,12,14-15,17H,8-11,16H2,1-5H3,(H2,29,34). The number of hydrogen-bond donors (Lipinski definition) is 1. The van der Waals surface area contributed by atoms with Crippen LogP contribution in [0.3, 0.4) is 0 Å². The molecule has 2 fully saturated rings. The van der Waals surface area contributed by atoms with E-state index in [-0.39, 0.29) is 11.6 Å². The summed E-state index contributed by atoms with van der Waals surface area (Å²) in [5.74, 6) is 0.874. The predicted molar refractivity (Wildman–Crippen MR) is 134 cm³/mol. The SMILES string of the molecule is COc1cc(OC2(c3nc(N4CCC(C=O)CC4)cnc3C(N)=O)C(C)(C)CC2(C)C)ccc1C#N. The third kappa shape index (κ3) is 3.94. The molecule has 1 amide bonds. The zero-order valence-corrected chi connectivity index (χ0v) is 21.5. The third-order valence-corrected chi connectivity index (χ3v) is 7.74. The van der Waals surface area contributed by atoms with E-state index in [1.165, 1.54) is 7.11 Å². The summed E-state index contributed by atoms with van der Waals surface area (Å²) in [5.41, 5.74) is 4.76. The Balaban J connectivity index is 1.86. The molecule has 1 aliphatic carbocycles. The number of ether oxygens (including phenoxy) is 2. The number of aldehydes is 1. The molecule has 1 saturated carbocycles. The Hall–Kier alpha value is -3.67. The number of methoxy groups -OCH3 is 1. The number of carbonyl (C=O) groups is 2. The predicted octanol–water partition coefficient (Wildman–Crippen LogP) is 3.60. The van der Waals surface area contributed by atoms with Crippen LogP contribution >= 0.6 is 0 Å². The zero-order chi connectivity index (χ0) is 26.3. The Morgan fingerprint density at radius 3 is 2.42 bits per heavy atom. The summed E-state index contributed by atoms with van der Waals surface area (Å²) < 4.78 is 12.2. The van der Waals surface area contributed by atoms with Gasteiger partial charge in [0, 0.05) is 35.9 Å². The highest BCUT2D eigenvalue weighted by Gasteiger charge is 2.70. The molecule has 0 bridgehead atoms. The Bertz CT molecular complexity index is 1210. The van der Waals surface area contributed by atoms with Crippen molar-refractivity contribution >= 4 is 18.0 Å². The van der Waals surface area contributed by atoms with E-state index in [0.29, 0.717) is 41.7 Å². The second kappa shape index (κ2) is 9.08. The maximum atomic E-state index is 12.6. The van der Waals surface area contributed by atoms with Crippen molar-refractivity contribution in [3.05, 3.63) is 41.3 Å². The summed E-state index contributed by atoms with van der Waals surface area (Å²) in [4.78, 5) is 35.4. The fourth-order valence-electron chi connectivity index (χ4n) is 6.36. The van der Waals surface area contributed by atoms with Crippen LogP contribution in [-0.2, 0) is 10.4 Å². The lowest BCUT2D eigenvalue weighted by Gasteiger charge is -2.65. The smallest absolute Gasteiger partial charge is 0.269 e. The summed E-state index contributed by atoms with van der Waals surface area (Å²) in [7, 11) is 1.50. The number of benzene rings is 1. The molecule has 0 atom stereocenters. The second-order valence-corrected chi connectivity index (χ2v) is 11.0. The van der Waals surface area contributed by atoms with E-state index in [4.69, 9.17) is 20.2 Å². The largest absolute Gasteiger partial charge is 0.495 e. The van der Waals surface area contributed by atoms with Gasteiger partial charge in [0.15, 0.2) is 11.3 Å². The molecule has 2 aromatic rings. The number of nitrogens with two attached hydrogens (primary N) is 1. The average molecular weight is 492 g/mol. The minimum Gasteiger partial charge on any atom is -0.495 e. The molecule has 1 aliphatic heterocycles. The van der Waals surface area contributed by atoms with Gasteiger partial charge in [0.2, 0.25) is 0 Å². The highest BCUT2D eigenvalue weighted by molar-refractivity contribution is 5.92. The van der Waals surface area contributed by atoms with Gasteiger partial charge in [-0.2, -0.15) is 5.26 Å². The van der Waals surface area contributed by atoms with Crippen molar-refractivity contribution in [3.8, 4) is 17.6 Å². The average Bonchev–Trinajstić information content (AvgIpc) is 2.85. The number of nitrogens with zero attached hydrogens (tertiary/aromatic N) is 4. The van der Waals surface area contributed by atoms with Gasteiger partial charge >= 0.3 is 0 Å². The number of nitriles is 1. The van der Waals surface area contributed by atoms with Gasteiger partial charge in [-0.25, -0.2) is 9.97 Å². The highest BCUT2D eigenvalue weighted by atomic mass is 16.5. The van der Waals surface area contributed by atoms with E-state index in [1.54, 1.807) is 24.4 Å². The molecule has 4 rings (SSSR count). The number of anilines is 1. The van der Waals surface area contributed by atoms with Crippen LogP contribution in [0.1, 0.15) is 68.7 Å². The number of amides is 1. The lowest BCUT2D eigenvalue weighted by molar-refractivity contribution is -0.240. The van der Waals surface area contributed by atoms with Gasteiger partial charge in [0.05, 0.1) is 18.9 Å². The van der Waals surface area contributed by atoms with E-state index in [9.17, 15) is 14.9 Å². The van der Waals surface area contributed by atoms with Crippen molar-refractivity contribution in [2.45, 2.75) is 52.6 Å². The van der Waals surface area contributed by atoms with Crippen LogP contribution in [0.4, 0.5) is 5.82 Å². The second-order valence-electron chi connectivity index (χ2n) is 11.0. The minimum atomic E-state index is -1.05. The summed E-state index contributed by atoms with van der Waals surface area (Å²) in [6.45, 7) is 9.64. The molecular weight excluding hydrogens is 458 g/mol. The first-order valence-electron chi connectivity index (χ1n) is 12.1. The van der Waals surface area contributed by atoms with Crippen LogP contribution in [0.2, 0.25) is 0 Å². The molecule has 1 saturated heterocycles. The molecule has 36 heavy (non-hydrogen) atoms. The lowest BCUT2D eigenvalue weighted by atomic mass is 9.43. The monoisotopic (exact) mass is 491 g/mol. The van der Waals surface area contributed by atoms with Crippen LogP contribution in [0.25, 0.3) is 0 Å². The van der Waals surface area contributed by atoms with Crippen molar-refractivity contribution in [2.24, 2.45) is 22.5 Å². The summed E-state index contributed by atoms with van der Waals surface area (Å²) in [6.07, 6.45) is 4.87. The van der Waals surface area contributed by atoms with Gasteiger partial charge in [-0.1, -0.05) is 27.7 Å². The maximum absolute atomic E-state index is 12.6. The molecule has 2 heterocycles. The molecule has 1 aromatic heterocycles. The Morgan fingerprint density at radius 2 is 1.89 bits per heavy atom. The number of carbonyl (C=O) groups excluding carboxylic acids is 2. The van der Waals surface area contributed by atoms with E-state index in [2.05, 4.69) is 43.6 Å². The van der Waals surface area contributed by atoms with Crippen molar-refractivity contribution in [1.82, 2.24) is 9.97 Å². The van der Waals surface area contributed by atoms with Crippen LogP contribution < -0.4 is 20.1 Å². The molecule has 9 heteroatoms. The molecule has 0 radical (unpaired) electrons. The van der Waals surface area contributed by atoms with Crippen LogP contribution in [-0.4, -0.2) is 42.4 Å². The van der Waals surface area contributed by atoms with Crippen molar-refractivity contribution in [2.75, 3.05) is 25.1 Å². The molecule has 0 spiro atoms. The number of rotatable bonds is 7. The molecule has 2 aliphatic rings. The van der Waals surface area contributed by atoms with Gasteiger partial charge < -0.3 is 24.9 Å². The quantitative estimate of drug-likeness (QED) is 0.581. The van der Waals surface area contributed by atoms with Gasteiger partial charge in [0.25, 0.3) is 5.91 Å². The molecular formula is C27H33N5O4. The first-order valence-corrected chi connectivity index (χ1v) is 12.1. The summed E-state index contributed by atoms with van der Waals surface area (Å²) in [6, 6.07) is 7.16. The fourth-order valence-corrected chi connectivity index (χ4v) is 6.36. The van der Waals surface area contributed by atoms with Gasteiger partial charge in [0.1, 0.15) is 35.4 Å². The van der Waals surface area contributed by atoms with E-state index < -0.39 is 22.3 Å². The minimum absolute atomic E-state index is 0.0455. The maximum Gasteiger partial charge on any atom is 0.269 e. The van der Waals surface area contributed by atoms with E-state index >= 15 is 0 Å².